The molecule has 0 bridgehead atoms. The summed E-state index contributed by atoms with van der Waals surface area (Å²) in [5.74, 6) is -10.1. The van der Waals surface area contributed by atoms with E-state index in [1.807, 2.05) is 0 Å². The Morgan fingerprint density at radius 2 is 1.56 bits per heavy atom. The topological polar surface area (TPSA) is 17.1 Å². The lowest BCUT2D eigenvalue weighted by Gasteiger charge is -2.24. The molecule has 0 atom stereocenters. The summed E-state index contributed by atoms with van der Waals surface area (Å²) in [6.45, 7) is 1.48. The molecule has 0 amide bonds. The summed E-state index contributed by atoms with van der Waals surface area (Å²) >= 11 is 0.492. The second-order valence-electron chi connectivity index (χ2n) is 3.56. The summed E-state index contributed by atoms with van der Waals surface area (Å²) in [7, 11) is 0. The smallest absolute Gasteiger partial charge is 0.287 e. The molecule has 0 aliphatic carbocycles. The zero-order valence-electron chi connectivity index (χ0n) is 9.29. The molecule has 0 aromatic heterocycles. The van der Waals surface area contributed by atoms with Crippen LogP contribution in [0.4, 0.5) is 30.7 Å². The number of thioether (sulfide) groups is 1. The fourth-order valence-electron chi connectivity index (χ4n) is 0.930. The number of hydrogen-bond acceptors (Lipinski definition) is 2. The third-order valence-corrected chi connectivity index (χ3v) is 2.93. The number of carbonyl (C=O) groups excluding carboxylic acids is 1. The van der Waals surface area contributed by atoms with Gasteiger partial charge < -0.3 is 0 Å². The van der Waals surface area contributed by atoms with Crippen LogP contribution in [0.2, 0.25) is 0 Å². The van der Waals surface area contributed by atoms with Crippen molar-refractivity contribution in [3.8, 4) is 0 Å². The van der Waals surface area contributed by atoms with Crippen LogP contribution in [-0.2, 0) is 4.79 Å². The molecule has 0 heterocycles. The largest absolute Gasteiger partial charge is 0.453 e. The van der Waals surface area contributed by atoms with Gasteiger partial charge in [0.2, 0.25) is 0 Å². The Morgan fingerprint density at radius 3 is 1.94 bits per heavy atom. The van der Waals surface area contributed by atoms with Crippen LogP contribution in [0.3, 0.4) is 0 Å². The molecular formula is C9H11F7OS. The molecule has 0 saturated carbocycles. The van der Waals surface area contributed by atoms with Crippen LogP contribution >= 0.6 is 11.8 Å². The molecule has 0 saturated heterocycles. The molecule has 18 heavy (non-hydrogen) atoms. The summed E-state index contributed by atoms with van der Waals surface area (Å²) in [5, 5.41) is -0.423. The maximum Gasteiger partial charge on any atom is 0.453 e. The summed E-state index contributed by atoms with van der Waals surface area (Å²) in [5.41, 5.74) is 0. The van der Waals surface area contributed by atoms with Gasteiger partial charge in [0.1, 0.15) is 0 Å². The number of carbonyl (C=O) groups is 1. The molecular weight excluding hydrogens is 289 g/mol. The molecule has 0 fully saturated rings. The SMILES string of the molecule is CCC(=O)SCCC(F)(F)CC(F)(F)C(F)(F)F. The first-order chi connectivity index (χ1) is 7.91. The van der Waals surface area contributed by atoms with E-state index in [0.717, 1.165) is 0 Å². The van der Waals surface area contributed by atoms with E-state index >= 15 is 0 Å². The Hall–Kier alpha value is -0.470. The van der Waals surface area contributed by atoms with E-state index in [-0.39, 0.29) is 6.42 Å². The predicted molar refractivity (Wildman–Crippen MR) is 52.9 cm³/mol. The highest BCUT2D eigenvalue weighted by Crippen LogP contribution is 2.43. The van der Waals surface area contributed by atoms with Crippen LogP contribution in [0.1, 0.15) is 26.2 Å². The number of halogens is 7. The minimum absolute atomic E-state index is 0.0783. The Kier molecular flexibility index (Phi) is 5.96. The lowest BCUT2D eigenvalue weighted by atomic mass is 10.1. The van der Waals surface area contributed by atoms with Gasteiger partial charge in [0.05, 0.1) is 6.42 Å². The minimum Gasteiger partial charge on any atom is -0.287 e. The van der Waals surface area contributed by atoms with Gasteiger partial charge in [-0.2, -0.15) is 22.0 Å². The standard InChI is InChI=1S/C9H11F7OS/c1-2-6(17)18-4-3-7(10,11)5-8(12,13)9(14,15)16/h2-5H2,1H3. The van der Waals surface area contributed by atoms with Crippen molar-refractivity contribution in [1.82, 2.24) is 0 Å². The van der Waals surface area contributed by atoms with E-state index in [1.165, 1.54) is 6.92 Å². The lowest BCUT2D eigenvalue weighted by molar-refractivity contribution is -0.300. The molecule has 0 spiro atoms. The van der Waals surface area contributed by atoms with Gasteiger partial charge in [-0.05, 0) is 0 Å². The fraction of sp³-hybridized carbons (Fsp3) is 0.889. The van der Waals surface area contributed by atoms with Crippen LogP contribution in [0.15, 0.2) is 0 Å². The van der Waals surface area contributed by atoms with Crippen molar-refractivity contribution in [2.75, 3.05) is 5.75 Å². The van der Waals surface area contributed by atoms with Gasteiger partial charge in [0.25, 0.3) is 5.92 Å². The average Bonchev–Trinajstić information content (AvgIpc) is 2.13. The van der Waals surface area contributed by atoms with Crippen LogP contribution in [0.25, 0.3) is 0 Å². The van der Waals surface area contributed by atoms with Crippen molar-refractivity contribution in [2.45, 2.75) is 44.2 Å². The van der Waals surface area contributed by atoms with Gasteiger partial charge in [-0.1, -0.05) is 18.7 Å². The molecule has 9 heteroatoms. The first kappa shape index (κ1) is 17.5. The van der Waals surface area contributed by atoms with Crippen molar-refractivity contribution < 1.29 is 35.5 Å². The molecule has 0 N–H and O–H groups in total. The molecule has 0 aromatic carbocycles. The van der Waals surface area contributed by atoms with Gasteiger partial charge in [0.15, 0.2) is 5.12 Å². The molecule has 108 valence electrons. The Bertz CT molecular complexity index is 287. The second kappa shape index (κ2) is 6.12. The zero-order valence-corrected chi connectivity index (χ0v) is 10.1. The van der Waals surface area contributed by atoms with E-state index in [2.05, 4.69) is 0 Å². The summed E-state index contributed by atoms with van der Waals surface area (Å²) < 4.78 is 85.8. The number of rotatable bonds is 6. The highest BCUT2D eigenvalue weighted by Gasteiger charge is 2.61. The van der Waals surface area contributed by atoms with Crippen molar-refractivity contribution in [2.24, 2.45) is 0 Å². The quantitative estimate of drug-likeness (QED) is 0.681. The van der Waals surface area contributed by atoms with Crippen molar-refractivity contribution >= 4 is 16.9 Å². The molecule has 0 aliphatic rings. The summed E-state index contributed by atoms with van der Waals surface area (Å²) in [6, 6.07) is 0. The fourth-order valence-corrected chi connectivity index (χ4v) is 1.76. The monoisotopic (exact) mass is 300 g/mol. The van der Waals surface area contributed by atoms with E-state index in [0.29, 0.717) is 11.8 Å². The van der Waals surface area contributed by atoms with Gasteiger partial charge in [-0.15, -0.1) is 0 Å². The Balaban J connectivity index is 4.35. The van der Waals surface area contributed by atoms with E-state index in [1.54, 1.807) is 0 Å². The van der Waals surface area contributed by atoms with Crippen molar-refractivity contribution in [3.05, 3.63) is 0 Å². The Morgan fingerprint density at radius 1 is 1.06 bits per heavy atom. The highest BCUT2D eigenvalue weighted by atomic mass is 32.2. The molecule has 1 nitrogen and oxygen atoms in total. The molecule has 0 radical (unpaired) electrons. The average molecular weight is 300 g/mol. The van der Waals surface area contributed by atoms with Crippen LogP contribution in [0.5, 0.6) is 0 Å². The second-order valence-corrected chi connectivity index (χ2v) is 4.71. The predicted octanol–water partition coefficient (Wildman–Crippen LogP) is 4.27. The van der Waals surface area contributed by atoms with Gasteiger partial charge in [0, 0.05) is 18.6 Å². The van der Waals surface area contributed by atoms with Gasteiger partial charge in [-0.25, -0.2) is 8.78 Å². The van der Waals surface area contributed by atoms with Crippen LogP contribution in [-0.4, -0.2) is 28.9 Å². The molecule has 0 unspecified atom stereocenters. The van der Waals surface area contributed by atoms with Gasteiger partial charge in [-0.3, -0.25) is 4.79 Å². The van der Waals surface area contributed by atoms with Crippen molar-refractivity contribution in [3.63, 3.8) is 0 Å². The van der Waals surface area contributed by atoms with Crippen molar-refractivity contribution in [1.29, 1.82) is 0 Å². The Labute approximate surface area is 103 Å². The number of hydrogen-bond donors (Lipinski definition) is 0. The first-order valence-corrected chi connectivity index (χ1v) is 5.88. The zero-order chi connectivity index (χ0) is 14.6. The lowest BCUT2D eigenvalue weighted by Crippen LogP contribution is -2.41. The highest BCUT2D eigenvalue weighted by molar-refractivity contribution is 8.13. The number of alkyl halides is 7. The van der Waals surface area contributed by atoms with E-state index in [9.17, 15) is 35.5 Å². The van der Waals surface area contributed by atoms with E-state index in [4.69, 9.17) is 0 Å². The van der Waals surface area contributed by atoms with E-state index < -0.39 is 41.7 Å². The molecule has 0 aromatic rings. The maximum atomic E-state index is 12.9. The first-order valence-electron chi connectivity index (χ1n) is 4.89. The van der Waals surface area contributed by atoms with Crippen LogP contribution in [0, 0.1) is 0 Å². The van der Waals surface area contributed by atoms with Gasteiger partial charge >= 0.3 is 12.1 Å². The van der Waals surface area contributed by atoms with Crippen LogP contribution < -0.4 is 0 Å². The third-order valence-electron chi connectivity index (χ3n) is 1.91. The molecule has 0 aliphatic heterocycles. The minimum atomic E-state index is -6.00. The maximum absolute atomic E-state index is 12.9. The normalized spacial score (nSPS) is 13.8. The molecule has 0 rings (SSSR count). The summed E-state index contributed by atoms with van der Waals surface area (Å²) in [6.07, 6.45) is -9.71. The summed E-state index contributed by atoms with van der Waals surface area (Å²) in [4.78, 5) is 10.7. The third kappa shape index (κ3) is 5.92.